The first-order chi connectivity index (χ1) is 21.1. The number of allylic oxidation sites excluding steroid dienone is 2. The number of rotatable bonds is 4. The molecule has 45 heavy (non-hydrogen) atoms. The van der Waals surface area contributed by atoms with Gasteiger partial charge in [-0.15, -0.1) is 0 Å². The highest BCUT2D eigenvalue weighted by molar-refractivity contribution is 5.63. The Morgan fingerprint density at radius 1 is 0.689 bits per heavy atom. The van der Waals surface area contributed by atoms with Gasteiger partial charge in [0.1, 0.15) is 40.5 Å². The van der Waals surface area contributed by atoms with Gasteiger partial charge >= 0.3 is 0 Å². The second kappa shape index (κ2) is 11.4. The fourth-order valence-electron chi connectivity index (χ4n) is 5.85. The number of aliphatic hydroxyl groups is 2. The molecule has 5 rings (SSSR count). The molecule has 12 nitrogen and oxygen atoms in total. The van der Waals surface area contributed by atoms with Gasteiger partial charge < -0.3 is 60.5 Å². The summed E-state index contributed by atoms with van der Waals surface area (Å²) in [6.45, 7) is 4.70. The number of hydrogen-bond acceptors (Lipinski definition) is 12. The van der Waals surface area contributed by atoms with Gasteiger partial charge in [-0.05, 0) is 87.4 Å². The third-order valence-corrected chi connectivity index (χ3v) is 8.63. The highest BCUT2D eigenvalue weighted by atomic mass is 16.5. The van der Waals surface area contributed by atoms with E-state index in [1.165, 1.54) is 38.1 Å². The number of ether oxygens (including phenoxy) is 2. The Labute approximate surface area is 258 Å². The van der Waals surface area contributed by atoms with E-state index in [1.54, 1.807) is 6.92 Å². The van der Waals surface area contributed by atoms with Crippen LogP contribution in [-0.4, -0.2) is 56.7 Å². The van der Waals surface area contributed by atoms with Gasteiger partial charge in [-0.3, -0.25) is 0 Å². The zero-order valence-electron chi connectivity index (χ0n) is 24.9. The maximum atomic E-state index is 11.4. The lowest BCUT2D eigenvalue weighted by atomic mass is 9.86. The predicted octanol–water partition coefficient (Wildman–Crippen LogP) is 5.83. The third kappa shape index (κ3) is 5.64. The van der Waals surface area contributed by atoms with Crippen LogP contribution < -0.4 is 4.74 Å². The summed E-state index contributed by atoms with van der Waals surface area (Å²) in [5.41, 5.74) is 0.114. The standard InChI is InChI=1S/C33H36O12/c1-14-4-6-26(17-10-23(37)31(43)24(38)11-17)45-33(3,27(39)12-20(14)34)13-19-29(41)15(2)28(40)18-5-7-25(44-32(18)19)16-8-21(35)30(42)22(36)9-16/h8-12,25-26,34-43H,4-7,13H2,1-3H3/b20-14-,27-12+/t25-,26-,33?/m1/s1. The topological polar surface area (TPSA) is 221 Å². The molecular formula is C33H36O12. The predicted molar refractivity (Wildman–Crippen MR) is 160 cm³/mol. The summed E-state index contributed by atoms with van der Waals surface area (Å²) in [6.07, 6.45) is 0.292. The average molecular weight is 625 g/mol. The third-order valence-electron chi connectivity index (χ3n) is 8.63. The number of phenolic OH excluding ortho intramolecular Hbond substituents is 8. The highest BCUT2D eigenvalue weighted by Crippen LogP contribution is 2.51. The zero-order chi connectivity index (χ0) is 33.0. The monoisotopic (exact) mass is 624 g/mol. The van der Waals surface area contributed by atoms with E-state index in [-0.39, 0.29) is 59.0 Å². The van der Waals surface area contributed by atoms with Crippen LogP contribution in [0.15, 0.2) is 47.4 Å². The minimum atomic E-state index is -1.69. The van der Waals surface area contributed by atoms with E-state index in [1.807, 2.05) is 0 Å². The molecule has 0 fully saturated rings. The van der Waals surface area contributed by atoms with Crippen LogP contribution in [0.2, 0.25) is 0 Å². The Kier molecular flexibility index (Phi) is 7.96. The van der Waals surface area contributed by atoms with E-state index in [9.17, 15) is 51.1 Å². The van der Waals surface area contributed by atoms with E-state index in [4.69, 9.17) is 9.47 Å². The Morgan fingerprint density at radius 3 is 1.76 bits per heavy atom. The summed E-state index contributed by atoms with van der Waals surface area (Å²) in [5.74, 6) is -4.75. The van der Waals surface area contributed by atoms with Crippen LogP contribution in [0.25, 0.3) is 0 Å². The van der Waals surface area contributed by atoms with Crippen LogP contribution in [0.4, 0.5) is 0 Å². The average Bonchev–Trinajstić information content (AvgIpc) is 3.03. The summed E-state index contributed by atoms with van der Waals surface area (Å²) in [7, 11) is 0. The maximum absolute atomic E-state index is 11.4. The van der Waals surface area contributed by atoms with Crippen LogP contribution in [0.3, 0.4) is 0 Å². The van der Waals surface area contributed by atoms with Crippen molar-refractivity contribution in [3.63, 3.8) is 0 Å². The van der Waals surface area contributed by atoms with Gasteiger partial charge in [0.15, 0.2) is 34.5 Å². The first-order valence-corrected chi connectivity index (χ1v) is 14.3. The number of fused-ring (bicyclic) bond motifs is 1. The summed E-state index contributed by atoms with van der Waals surface area (Å²) < 4.78 is 12.8. The number of phenols is 8. The maximum Gasteiger partial charge on any atom is 0.200 e. The van der Waals surface area contributed by atoms with Crippen molar-refractivity contribution in [2.24, 2.45) is 0 Å². The number of benzene rings is 3. The van der Waals surface area contributed by atoms with E-state index in [0.717, 1.165) is 6.08 Å². The van der Waals surface area contributed by atoms with Crippen molar-refractivity contribution in [2.45, 2.75) is 70.7 Å². The number of aliphatic hydroxyl groups excluding tert-OH is 2. The molecular weight excluding hydrogens is 588 g/mol. The van der Waals surface area contributed by atoms with Gasteiger partial charge in [-0.1, -0.05) is 0 Å². The molecule has 2 aliphatic rings. The Hall–Kier alpha value is -5.10. The van der Waals surface area contributed by atoms with Crippen molar-refractivity contribution in [1.82, 2.24) is 0 Å². The first-order valence-electron chi connectivity index (χ1n) is 14.3. The molecule has 3 aromatic rings. The van der Waals surface area contributed by atoms with Gasteiger partial charge in [0.25, 0.3) is 0 Å². The molecule has 3 aromatic carbocycles. The summed E-state index contributed by atoms with van der Waals surface area (Å²) in [5, 5.41) is 105. The molecule has 2 heterocycles. The summed E-state index contributed by atoms with van der Waals surface area (Å²) in [4.78, 5) is 0. The van der Waals surface area contributed by atoms with Crippen molar-refractivity contribution >= 4 is 0 Å². The largest absolute Gasteiger partial charge is 0.509 e. The molecule has 12 heteroatoms. The van der Waals surface area contributed by atoms with Gasteiger partial charge in [0, 0.05) is 29.2 Å². The van der Waals surface area contributed by atoms with Crippen LogP contribution in [-0.2, 0) is 17.6 Å². The fourth-order valence-corrected chi connectivity index (χ4v) is 5.85. The minimum absolute atomic E-state index is 0.0869. The van der Waals surface area contributed by atoms with Gasteiger partial charge in [-0.2, -0.15) is 0 Å². The molecule has 0 saturated carbocycles. The van der Waals surface area contributed by atoms with E-state index in [2.05, 4.69) is 0 Å². The van der Waals surface area contributed by atoms with Crippen molar-refractivity contribution in [3.05, 3.63) is 75.3 Å². The lowest BCUT2D eigenvalue weighted by Gasteiger charge is -2.36. The molecule has 240 valence electrons. The van der Waals surface area contributed by atoms with E-state index < -0.39 is 58.1 Å². The number of hydrogen-bond donors (Lipinski definition) is 10. The van der Waals surface area contributed by atoms with Crippen molar-refractivity contribution in [1.29, 1.82) is 0 Å². The van der Waals surface area contributed by atoms with E-state index >= 15 is 0 Å². The SMILES string of the molecule is C/C1=C(O)\C=C(\O)C(C)(Cc2c(O)c(C)c(O)c3c2O[C@@H](c2cc(O)c(O)c(O)c2)CC3)O[C@@H](c2cc(O)c(O)c(O)c2)CC1. The highest BCUT2D eigenvalue weighted by Gasteiger charge is 2.40. The summed E-state index contributed by atoms with van der Waals surface area (Å²) >= 11 is 0. The molecule has 0 aromatic heterocycles. The van der Waals surface area contributed by atoms with Gasteiger partial charge in [-0.25, -0.2) is 0 Å². The lowest BCUT2D eigenvalue weighted by molar-refractivity contribution is -0.0847. The summed E-state index contributed by atoms with van der Waals surface area (Å²) in [6, 6.07) is 4.91. The second-order valence-corrected chi connectivity index (χ2v) is 11.8. The minimum Gasteiger partial charge on any atom is -0.509 e. The van der Waals surface area contributed by atoms with Crippen molar-refractivity contribution in [2.75, 3.05) is 0 Å². The van der Waals surface area contributed by atoms with Crippen molar-refractivity contribution in [3.8, 4) is 51.7 Å². The van der Waals surface area contributed by atoms with Gasteiger partial charge in [0.05, 0.1) is 6.10 Å². The van der Waals surface area contributed by atoms with Crippen LogP contribution in [0.5, 0.6) is 51.7 Å². The fraction of sp³-hybridized carbons (Fsp3) is 0.333. The van der Waals surface area contributed by atoms with Gasteiger partial charge in [0.2, 0.25) is 0 Å². The Bertz CT molecular complexity index is 1690. The molecule has 1 unspecified atom stereocenters. The van der Waals surface area contributed by atoms with E-state index in [0.29, 0.717) is 29.5 Å². The van der Waals surface area contributed by atoms with Crippen LogP contribution in [0, 0.1) is 6.92 Å². The molecule has 0 bridgehead atoms. The van der Waals surface area contributed by atoms with Crippen LogP contribution in [0.1, 0.15) is 73.1 Å². The Morgan fingerprint density at radius 2 is 1.20 bits per heavy atom. The van der Waals surface area contributed by atoms with Crippen molar-refractivity contribution < 1.29 is 60.5 Å². The lowest BCUT2D eigenvalue weighted by Crippen LogP contribution is -2.36. The zero-order valence-corrected chi connectivity index (χ0v) is 24.9. The molecule has 0 amide bonds. The number of aromatic hydroxyl groups is 8. The van der Waals surface area contributed by atoms with Crippen LogP contribution >= 0.6 is 0 Å². The molecule has 0 radical (unpaired) electrons. The Balaban J connectivity index is 1.62. The first kappa shape index (κ1) is 31.3. The normalized spacial score (nSPS) is 24.8. The quantitative estimate of drug-likeness (QED) is 0.155. The smallest absolute Gasteiger partial charge is 0.200 e. The molecule has 10 N–H and O–H groups in total. The molecule has 0 saturated heterocycles. The molecule has 2 aliphatic heterocycles. The molecule has 0 aliphatic carbocycles. The molecule has 0 spiro atoms. The second-order valence-electron chi connectivity index (χ2n) is 11.8. The molecule has 3 atom stereocenters.